The van der Waals surface area contributed by atoms with E-state index in [0.29, 0.717) is 4.47 Å². The smallest absolute Gasteiger partial charge is 0.434 e. The summed E-state index contributed by atoms with van der Waals surface area (Å²) in [5.74, 6) is -0.933. The molecule has 1 aromatic rings. The van der Waals surface area contributed by atoms with E-state index in [0.717, 1.165) is 12.3 Å². The van der Waals surface area contributed by atoms with Crippen molar-refractivity contribution in [1.82, 2.24) is 4.98 Å². The Hall–Kier alpha value is -1.19. The molecule has 1 aromatic heterocycles. The highest BCUT2D eigenvalue weighted by molar-refractivity contribution is 9.10. The fourth-order valence-electron chi connectivity index (χ4n) is 0.972. The first kappa shape index (κ1) is 14.9. The summed E-state index contributed by atoms with van der Waals surface area (Å²) in [4.78, 5) is 3.25. The molecule has 0 atom stereocenters. The number of hydrogen-bond donors (Lipinski definition) is 1. The minimum Gasteiger partial charge on any atom is -0.453 e. The van der Waals surface area contributed by atoms with E-state index in [1.807, 2.05) is 0 Å². The highest BCUT2D eigenvalue weighted by Gasteiger charge is 2.59. The van der Waals surface area contributed by atoms with Crippen LogP contribution in [0, 0.1) is 0 Å². The van der Waals surface area contributed by atoms with Crippen molar-refractivity contribution >= 4 is 21.6 Å². The lowest BCUT2D eigenvalue weighted by Gasteiger charge is -2.23. The van der Waals surface area contributed by atoms with Crippen molar-refractivity contribution in [3.8, 4) is 5.88 Å². The molecule has 0 fully saturated rings. The number of rotatable bonds is 2. The number of halogens is 7. The van der Waals surface area contributed by atoms with Crippen LogP contribution in [0.15, 0.2) is 16.7 Å². The first-order valence-electron chi connectivity index (χ1n) is 4.23. The normalized spacial score (nSPS) is 12.9. The SMILES string of the molecule is Nc1cc(Br)cnc1OC(C(F)(F)F)C(F)(F)F. The molecule has 0 aliphatic heterocycles. The van der Waals surface area contributed by atoms with E-state index in [1.165, 1.54) is 0 Å². The van der Waals surface area contributed by atoms with E-state index in [9.17, 15) is 26.3 Å². The highest BCUT2D eigenvalue weighted by atomic mass is 79.9. The Bertz CT molecular complexity index is 419. The van der Waals surface area contributed by atoms with Gasteiger partial charge in [-0.3, -0.25) is 0 Å². The van der Waals surface area contributed by atoms with Crippen LogP contribution < -0.4 is 10.5 Å². The molecular weight excluding hydrogens is 334 g/mol. The Morgan fingerprint density at radius 3 is 2.06 bits per heavy atom. The fourth-order valence-corrected chi connectivity index (χ4v) is 1.32. The van der Waals surface area contributed by atoms with Crippen LogP contribution in [0.3, 0.4) is 0 Å². The van der Waals surface area contributed by atoms with Gasteiger partial charge in [-0.25, -0.2) is 4.98 Å². The van der Waals surface area contributed by atoms with E-state index in [4.69, 9.17) is 5.73 Å². The quantitative estimate of drug-likeness (QED) is 0.842. The van der Waals surface area contributed by atoms with Gasteiger partial charge in [0, 0.05) is 10.7 Å². The van der Waals surface area contributed by atoms with Crippen LogP contribution in [0.5, 0.6) is 5.88 Å². The summed E-state index contributed by atoms with van der Waals surface area (Å²) in [5.41, 5.74) is 4.76. The predicted molar refractivity (Wildman–Crippen MR) is 52.9 cm³/mol. The van der Waals surface area contributed by atoms with Crippen molar-refractivity contribution in [2.45, 2.75) is 18.5 Å². The van der Waals surface area contributed by atoms with Gasteiger partial charge >= 0.3 is 12.4 Å². The second-order valence-electron chi connectivity index (χ2n) is 3.13. The van der Waals surface area contributed by atoms with Gasteiger partial charge in [0.15, 0.2) is 0 Å². The Morgan fingerprint density at radius 1 is 1.17 bits per heavy atom. The summed E-state index contributed by atoms with van der Waals surface area (Å²) in [6, 6.07) is 1.08. The number of alkyl halides is 6. The molecule has 2 N–H and O–H groups in total. The van der Waals surface area contributed by atoms with E-state index in [1.54, 1.807) is 0 Å². The maximum atomic E-state index is 12.2. The molecule has 0 amide bonds. The highest BCUT2D eigenvalue weighted by Crippen LogP contribution is 2.37. The number of hydrogen-bond acceptors (Lipinski definition) is 3. The monoisotopic (exact) mass is 338 g/mol. The third-order valence-corrected chi connectivity index (χ3v) is 2.10. The molecule has 10 heteroatoms. The van der Waals surface area contributed by atoms with Crippen LogP contribution in [-0.2, 0) is 0 Å². The Balaban J connectivity index is 3.05. The summed E-state index contributed by atoms with van der Waals surface area (Å²) < 4.78 is 77.3. The lowest BCUT2D eigenvalue weighted by Crippen LogP contribution is -2.46. The van der Waals surface area contributed by atoms with Crippen LogP contribution in [0.1, 0.15) is 0 Å². The molecule has 0 unspecified atom stereocenters. The Kier molecular flexibility index (Phi) is 3.99. The molecular formula is C8H5BrF6N2O. The van der Waals surface area contributed by atoms with Crippen LogP contribution >= 0.6 is 15.9 Å². The average Bonchev–Trinajstić information content (AvgIpc) is 2.12. The second-order valence-corrected chi connectivity index (χ2v) is 4.04. The fraction of sp³-hybridized carbons (Fsp3) is 0.375. The van der Waals surface area contributed by atoms with Gasteiger partial charge in [0.1, 0.15) is 0 Å². The van der Waals surface area contributed by atoms with Crippen molar-refractivity contribution in [3.63, 3.8) is 0 Å². The lowest BCUT2D eigenvalue weighted by molar-refractivity contribution is -0.300. The summed E-state index contributed by atoms with van der Waals surface area (Å²) in [6.07, 6.45) is -14.2. The van der Waals surface area contributed by atoms with Crippen molar-refractivity contribution in [2.75, 3.05) is 5.73 Å². The number of nitrogen functional groups attached to an aromatic ring is 1. The van der Waals surface area contributed by atoms with Gasteiger partial charge in [-0.05, 0) is 22.0 Å². The molecule has 0 aliphatic carbocycles. The first-order chi connectivity index (χ1) is 8.01. The topological polar surface area (TPSA) is 48.1 Å². The minimum atomic E-state index is -5.61. The molecule has 0 spiro atoms. The van der Waals surface area contributed by atoms with E-state index in [-0.39, 0.29) is 0 Å². The summed E-state index contributed by atoms with van der Waals surface area (Å²) in [5, 5.41) is 0. The van der Waals surface area contributed by atoms with Crippen molar-refractivity contribution < 1.29 is 31.1 Å². The molecule has 0 aromatic carbocycles. The molecule has 0 aliphatic rings. The molecule has 102 valence electrons. The number of pyridine rings is 1. The van der Waals surface area contributed by atoms with Crippen LogP contribution in [-0.4, -0.2) is 23.4 Å². The number of anilines is 1. The number of ether oxygens (including phenoxy) is 1. The van der Waals surface area contributed by atoms with E-state index < -0.39 is 30.0 Å². The van der Waals surface area contributed by atoms with Crippen molar-refractivity contribution in [1.29, 1.82) is 0 Å². The average molecular weight is 339 g/mol. The standard InChI is InChI=1S/C8H5BrF6N2O/c9-3-1-4(16)5(17-2-3)18-6(7(10,11)12)8(13,14)15/h1-2,6H,16H2. The largest absolute Gasteiger partial charge is 0.453 e. The zero-order valence-corrected chi connectivity index (χ0v) is 9.90. The first-order valence-corrected chi connectivity index (χ1v) is 5.02. The van der Waals surface area contributed by atoms with Crippen molar-refractivity contribution in [3.05, 3.63) is 16.7 Å². The third-order valence-electron chi connectivity index (χ3n) is 1.67. The van der Waals surface area contributed by atoms with Crippen molar-refractivity contribution in [2.24, 2.45) is 0 Å². The molecule has 0 bridgehead atoms. The second kappa shape index (κ2) is 4.82. The molecule has 1 rings (SSSR count). The molecule has 0 radical (unpaired) electrons. The van der Waals surface area contributed by atoms with Gasteiger partial charge in [-0.2, -0.15) is 26.3 Å². The maximum absolute atomic E-state index is 12.2. The van der Waals surface area contributed by atoms with Crippen LogP contribution in [0.25, 0.3) is 0 Å². The van der Waals surface area contributed by atoms with Gasteiger partial charge < -0.3 is 10.5 Å². The summed E-state index contributed by atoms with van der Waals surface area (Å²) >= 11 is 2.90. The van der Waals surface area contributed by atoms with E-state index >= 15 is 0 Å². The molecule has 3 nitrogen and oxygen atoms in total. The van der Waals surface area contributed by atoms with Crippen LogP contribution in [0.2, 0.25) is 0 Å². The molecule has 18 heavy (non-hydrogen) atoms. The Labute approximate surface area is 105 Å². The number of aromatic nitrogens is 1. The maximum Gasteiger partial charge on any atom is 0.434 e. The van der Waals surface area contributed by atoms with Gasteiger partial charge in [0.2, 0.25) is 5.88 Å². The minimum absolute atomic E-state index is 0.294. The van der Waals surface area contributed by atoms with Gasteiger partial charge in [-0.15, -0.1) is 0 Å². The molecule has 0 saturated carbocycles. The van der Waals surface area contributed by atoms with Gasteiger partial charge in [-0.1, -0.05) is 0 Å². The Morgan fingerprint density at radius 2 is 1.67 bits per heavy atom. The zero-order chi connectivity index (χ0) is 14.1. The number of nitrogens with two attached hydrogens (primary N) is 1. The van der Waals surface area contributed by atoms with E-state index in [2.05, 4.69) is 25.7 Å². The predicted octanol–water partition coefficient (Wildman–Crippen LogP) is 3.30. The molecule has 1 heterocycles. The van der Waals surface area contributed by atoms with Gasteiger partial charge in [0.05, 0.1) is 5.69 Å². The zero-order valence-electron chi connectivity index (χ0n) is 8.31. The van der Waals surface area contributed by atoms with Crippen LogP contribution in [0.4, 0.5) is 32.0 Å². The third kappa shape index (κ3) is 3.65. The summed E-state index contributed by atoms with van der Waals surface area (Å²) in [6.45, 7) is 0. The summed E-state index contributed by atoms with van der Waals surface area (Å²) in [7, 11) is 0. The molecule has 0 saturated heterocycles. The lowest BCUT2D eigenvalue weighted by atomic mass is 10.3. The van der Waals surface area contributed by atoms with Gasteiger partial charge in [0.25, 0.3) is 6.10 Å². The number of nitrogens with zero attached hydrogens (tertiary/aromatic N) is 1.